The Morgan fingerprint density at radius 1 is 1.13 bits per heavy atom. The summed E-state index contributed by atoms with van der Waals surface area (Å²) >= 11 is 6.41. The van der Waals surface area contributed by atoms with Gasteiger partial charge in [0.05, 0.1) is 5.69 Å². The van der Waals surface area contributed by atoms with Crippen molar-refractivity contribution < 1.29 is 0 Å². The van der Waals surface area contributed by atoms with Gasteiger partial charge in [-0.15, -0.1) is 5.10 Å². The van der Waals surface area contributed by atoms with Gasteiger partial charge in [-0.25, -0.2) is 14.5 Å². The van der Waals surface area contributed by atoms with E-state index in [-0.39, 0.29) is 0 Å². The van der Waals surface area contributed by atoms with Gasteiger partial charge in [0, 0.05) is 44.4 Å². The summed E-state index contributed by atoms with van der Waals surface area (Å²) in [5.74, 6) is 1.15. The number of rotatable bonds is 2. The van der Waals surface area contributed by atoms with Gasteiger partial charge in [-0.1, -0.05) is 11.6 Å². The van der Waals surface area contributed by atoms with Gasteiger partial charge in [-0.3, -0.25) is 4.68 Å². The van der Waals surface area contributed by atoms with E-state index < -0.39 is 0 Å². The smallest absolute Gasteiger partial charge is 0.217 e. The Morgan fingerprint density at radius 2 is 1.96 bits per heavy atom. The maximum Gasteiger partial charge on any atom is 0.217 e. The number of fused-ring (bicyclic) bond motifs is 1. The van der Waals surface area contributed by atoms with Crippen LogP contribution in [0, 0.1) is 6.92 Å². The van der Waals surface area contributed by atoms with E-state index in [2.05, 4.69) is 20.2 Å². The van der Waals surface area contributed by atoms with Crippen LogP contribution in [0.25, 0.3) is 28.4 Å². The van der Waals surface area contributed by atoms with Gasteiger partial charge in [0.15, 0.2) is 11.0 Å². The van der Waals surface area contributed by atoms with Crippen LogP contribution in [0.5, 0.6) is 0 Å². The van der Waals surface area contributed by atoms with Crippen molar-refractivity contribution >= 4 is 17.1 Å². The number of halogens is 1. The van der Waals surface area contributed by atoms with Gasteiger partial charge in [-0.2, -0.15) is 5.10 Å². The summed E-state index contributed by atoms with van der Waals surface area (Å²) in [4.78, 5) is 8.68. The van der Waals surface area contributed by atoms with Crippen LogP contribution < -0.4 is 0 Å². The molecule has 0 radical (unpaired) electrons. The molecule has 0 aromatic carbocycles. The molecule has 0 saturated heterocycles. The Morgan fingerprint density at radius 3 is 2.61 bits per heavy atom. The Kier molecular flexibility index (Phi) is 2.99. The van der Waals surface area contributed by atoms with Crippen LogP contribution in [0.1, 0.15) is 5.56 Å². The molecule has 4 heterocycles. The Balaban J connectivity index is 1.96. The van der Waals surface area contributed by atoms with E-state index in [9.17, 15) is 0 Å². The second-order valence-corrected chi connectivity index (χ2v) is 5.78. The Hall–Kier alpha value is -2.67. The molecule has 8 heteroatoms. The molecular formula is C15H14ClN7. The Labute approximate surface area is 137 Å². The first-order valence-corrected chi connectivity index (χ1v) is 7.45. The monoisotopic (exact) mass is 327 g/mol. The largest absolute Gasteiger partial charge is 0.331 e. The number of aromatic nitrogens is 7. The fourth-order valence-electron chi connectivity index (χ4n) is 2.67. The van der Waals surface area contributed by atoms with Crippen molar-refractivity contribution in [3.05, 3.63) is 41.6 Å². The summed E-state index contributed by atoms with van der Waals surface area (Å²) in [7, 11) is 3.78. The highest BCUT2D eigenvalue weighted by Crippen LogP contribution is 2.30. The SMILES string of the molecule is Cc1c(-c2ccn(C)n2)cn2nc(-c3nccn3C)nc(Cl)c12. The van der Waals surface area contributed by atoms with Crippen molar-refractivity contribution in [1.82, 2.24) is 33.9 Å². The predicted octanol–water partition coefficient (Wildman–Crippen LogP) is 2.49. The van der Waals surface area contributed by atoms with Gasteiger partial charge < -0.3 is 4.57 Å². The second kappa shape index (κ2) is 4.92. The zero-order valence-corrected chi connectivity index (χ0v) is 13.7. The van der Waals surface area contributed by atoms with Crippen molar-refractivity contribution in [3.8, 4) is 22.9 Å². The highest BCUT2D eigenvalue weighted by Gasteiger charge is 2.18. The molecule has 4 rings (SSSR count). The van der Waals surface area contributed by atoms with E-state index in [1.807, 2.05) is 50.2 Å². The fraction of sp³-hybridized carbons (Fsp3) is 0.200. The number of nitrogens with zero attached hydrogens (tertiary/aromatic N) is 7. The van der Waals surface area contributed by atoms with Crippen LogP contribution in [0.4, 0.5) is 0 Å². The van der Waals surface area contributed by atoms with E-state index in [0.29, 0.717) is 16.8 Å². The molecule has 4 aromatic rings. The standard InChI is InChI=1S/C15H14ClN7/c1-9-10(11-4-6-22(3)19-11)8-23-12(9)13(16)18-14(20-23)15-17-5-7-21(15)2/h4-8H,1-3H3. The molecule has 0 atom stereocenters. The number of hydrogen-bond acceptors (Lipinski definition) is 4. The number of aryl methyl sites for hydroxylation is 3. The summed E-state index contributed by atoms with van der Waals surface area (Å²) in [6.07, 6.45) is 7.38. The zero-order chi connectivity index (χ0) is 16.1. The lowest BCUT2D eigenvalue weighted by Gasteiger charge is -2.03. The normalized spacial score (nSPS) is 11.5. The van der Waals surface area contributed by atoms with Crippen molar-refractivity contribution in [2.24, 2.45) is 14.1 Å². The topological polar surface area (TPSA) is 65.8 Å². The minimum absolute atomic E-state index is 0.401. The van der Waals surface area contributed by atoms with Gasteiger partial charge >= 0.3 is 0 Å². The van der Waals surface area contributed by atoms with E-state index in [1.165, 1.54) is 0 Å². The molecule has 0 aliphatic carbocycles. The van der Waals surface area contributed by atoms with Gasteiger partial charge in [-0.05, 0) is 18.6 Å². The summed E-state index contributed by atoms with van der Waals surface area (Å²) in [5, 5.41) is 9.41. The first-order valence-electron chi connectivity index (χ1n) is 7.08. The maximum atomic E-state index is 6.41. The van der Waals surface area contributed by atoms with E-state index in [1.54, 1.807) is 15.4 Å². The fourth-order valence-corrected chi connectivity index (χ4v) is 2.98. The maximum absolute atomic E-state index is 6.41. The average Bonchev–Trinajstić information content (AvgIpc) is 3.18. The van der Waals surface area contributed by atoms with Crippen LogP contribution in [0.2, 0.25) is 5.15 Å². The molecule has 0 N–H and O–H groups in total. The highest BCUT2D eigenvalue weighted by molar-refractivity contribution is 6.33. The molecule has 0 amide bonds. The van der Waals surface area contributed by atoms with Crippen molar-refractivity contribution in [3.63, 3.8) is 0 Å². The molecule has 0 saturated carbocycles. The van der Waals surface area contributed by atoms with E-state index >= 15 is 0 Å². The quantitative estimate of drug-likeness (QED) is 0.567. The molecule has 0 fully saturated rings. The first-order chi connectivity index (χ1) is 11.0. The lowest BCUT2D eigenvalue weighted by molar-refractivity contribution is 0.770. The molecule has 23 heavy (non-hydrogen) atoms. The van der Waals surface area contributed by atoms with Gasteiger partial charge in [0.25, 0.3) is 0 Å². The molecule has 0 spiro atoms. The molecule has 0 aliphatic rings. The molecule has 116 valence electrons. The predicted molar refractivity (Wildman–Crippen MR) is 87.1 cm³/mol. The molecule has 0 aliphatic heterocycles. The summed E-state index contributed by atoms with van der Waals surface area (Å²) < 4.78 is 5.37. The molecule has 0 bridgehead atoms. The summed E-state index contributed by atoms with van der Waals surface area (Å²) in [6, 6.07) is 1.96. The Bertz CT molecular complexity index is 1020. The van der Waals surface area contributed by atoms with Crippen LogP contribution in [-0.2, 0) is 14.1 Å². The molecule has 4 aromatic heterocycles. The molecule has 7 nitrogen and oxygen atoms in total. The third kappa shape index (κ3) is 2.12. The first kappa shape index (κ1) is 14.0. The van der Waals surface area contributed by atoms with Gasteiger partial charge in [0.2, 0.25) is 5.82 Å². The van der Waals surface area contributed by atoms with Crippen molar-refractivity contribution in [2.45, 2.75) is 6.92 Å². The third-order valence-electron chi connectivity index (χ3n) is 3.85. The van der Waals surface area contributed by atoms with Crippen LogP contribution >= 0.6 is 11.6 Å². The number of imidazole rings is 1. The second-order valence-electron chi connectivity index (χ2n) is 5.42. The molecular weight excluding hydrogens is 314 g/mol. The average molecular weight is 328 g/mol. The summed E-state index contributed by atoms with van der Waals surface area (Å²) in [6.45, 7) is 2.00. The highest BCUT2D eigenvalue weighted by atomic mass is 35.5. The van der Waals surface area contributed by atoms with E-state index in [4.69, 9.17) is 11.6 Å². The minimum Gasteiger partial charge on any atom is -0.331 e. The van der Waals surface area contributed by atoms with Gasteiger partial charge in [0.1, 0.15) is 5.52 Å². The minimum atomic E-state index is 0.401. The molecule has 0 unspecified atom stereocenters. The zero-order valence-electron chi connectivity index (χ0n) is 12.9. The third-order valence-corrected chi connectivity index (χ3v) is 4.12. The summed E-state index contributed by atoms with van der Waals surface area (Å²) in [5.41, 5.74) is 3.65. The number of hydrogen-bond donors (Lipinski definition) is 0. The van der Waals surface area contributed by atoms with Crippen LogP contribution in [-0.4, -0.2) is 33.9 Å². The van der Waals surface area contributed by atoms with Crippen LogP contribution in [0.15, 0.2) is 30.9 Å². The van der Waals surface area contributed by atoms with E-state index in [0.717, 1.165) is 22.3 Å². The lowest BCUT2D eigenvalue weighted by atomic mass is 10.1. The lowest BCUT2D eigenvalue weighted by Crippen LogP contribution is -2.02. The van der Waals surface area contributed by atoms with Crippen LogP contribution in [0.3, 0.4) is 0 Å². The van der Waals surface area contributed by atoms with Crippen molar-refractivity contribution in [2.75, 3.05) is 0 Å². The van der Waals surface area contributed by atoms with Crippen molar-refractivity contribution in [1.29, 1.82) is 0 Å².